The van der Waals surface area contributed by atoms with Gasteiger partial charge >= 0.3 is 5.97 Å². The first kappa shape index (κ1) is 16.8. The summed E-state index contributed by atoms with van der Waals surface area (Å²) in [6.45, 7) is 1.99. The molecule has 1 aromatic heterocycles. The molecule has 0 aliphatic carbocycles. The van der Waals surface area contributed by atoms with Crippen LogP contribution in [0.5, 0.6) is 0 Å². The van der Waals surface area contributed by atoms with Crippen LogP contribution in [0, 0.1) is 6.92 Å². The van der Waals surface area contributed by atoms with Gasteiger partial charge in [-0.2, -0.15) is 0 Å². The Bertz CT molecular complexity index is 902. The molecule has 6 nitrogen and oxygen atoms in total. The topological polar surface area (TPSA) is 81.2 Å². The van der Waals surface area contributed by atoms with Gasteiger partial charge in [-0.3, -0.25) is 4.79 Å². The van der Waals surface area contributed by atoms with Gasteiger partial charge in [0.1, 0.15) is 10.6 Å². The van der Waals surface area contributed by atoms with Crippen LogP contribution in [0.2, 0.25) is 0 Å². The Morgan fingerprint density at radius 2 is 1.72 bits per heavy atom. The highest BCUT2D eigenvalue weighted by atomic mass is 32.1. The van der Waals surface area contributed by atoms with Crippen LogP contribution >= 0.6 is 11.5 Å². The van der Waals surface area contributed by atoms with E-state index in [4.69, 9.17) is 0 Å². The number of carbonyl (C=O) groups excluding carboxylic acids is 2. The van der Waals surface area contributed by atoms with Gasteiger partial charge in [0.15, 0.2) is 0 Å². The number of benzene rings is 2. The van der Waals surface area contributed by atoms with Crippen molar-refractivity contribution in [3.05, 3.63) is 64.5 Å². The maximum absolute atomic E-state index is 12.5. The molecular formula is C18H15N3O3S. The highest BCUT2D eigenvalue weighted by molar-refractivity contribution is 7.08. The van der Waals surface area contributed by atoms with Crippen LogP contribution < -0.4 is 5.32 Å². The Morgan fingerprint density at radius 3 is 2.36 bits per heavy atom. The number of esters is 1. The number of nitrogens with one attached hydrogen (secondary N) is 1. The summed E-state index contributed by atoms with van der Waals surface area (Å²) in [6.07, 6.45) is 0. The molecule has 1 amide bonds. The number of nitrogens with zero attached hydrogens (tertiary/aromatic N) is 2. The van der Waals surface area contributed by atoms with Crippen LogP contribution in [0.15, 0.2) is 48.5 Å². The summed E-state index contributed by atoms with van der Waals surface area (Å²) in [5, 5.41) is 6.86. The summed E-state index contributed by atoms with van der Waals surface area (Å²) in [5.74, 6) is -0.720. The van der Waals surface area contributed by atoms with E-state index in [0.29, 0.717) is 21.8 Å². The van der Waals surface area contributed by atoms with Gasteiger partial charge in [0.25, 0.3) is 5.91 Å². The highest BCUT2D eigenvalue weighted by Crippen LogP contribution is 2.25. The molecule has 0 unspecified atom stereocenters. The standard InChI is InChI=1S/C18H15N3O3S/c1-11-3-5-12(6-4-11)15-16(25-21-20-15)17(22)19-14-9-7-13(8-10-14)18(23)24-2/h3-10H,1-2H3,(H,19,22). The van der Waals surface area contributed by atoms with Crippen molar-refractivity contribution in [3.8, 4) is 11.3 Å². The maximum atomic E-state index is 12.5. The highest BCUT2D eigenvalue weighted by Gasteiger charge is 2.18. The third kappa shape index (κ3) is 3.72. The third-order valence-corrected chi connectivity index (χ3v) is 4.31. The number of hydrogen-bond donors (Lipinski definition) is 1. The van der Waals surface area contributed by atoms with Crippen molar-refractivity contribution in [2.45, 2.75) is 6.92 Å². The molecule has 0 saturated carbocycles. The van der Waals surface area contributed by atoms with Gasteiger partial charge in [-0.1, -0.05) is 34.3 Å². The smallest absolute Gasteiger partial charge is 0.337 e. The number of amides is 1. The van der Waals surface area contributed by atoms with Crippen molar-refractivity contribution in [2.24, 2.45) is 0 Å². The fourth-order valence-electron chi connectivity index (χ4n) is 2.24. The van der Waals surface area contributed by atoms with Crippen LogP contribution in [0.3, 0.4) is 0 Å². The van der Waals surface area contributed by atoms with Gasteiger partial charge in [-0.15, -0.1) is 5.10 Å². The van der Waals surface area contributed by atoms with E-state index in [2.05, 4.69) is 19.6 Å². The van der Waals surface area contributed by atoms with E-state index in [1.807, 2.05) is 31.2 Å². The zero-order valence-electron chi connectivity index (χ0n) is 13.6. The summed E-state index contributed by atoms with van der Waals surface area (Å²) in [6, 6.07) is 14.2. The number of methoxy groups -OCH3 is 1. The fraction of sp³-hybridized carbons (Fsp3) is 0.111. The molecular weight excluding hydrogens is 338 g/mol. The predicted octanol–water partition coefficient (Wildman–Crippen LogP) is 3.55. The second-order valence-corrected chi connectivity index (χ2v) is 6.09. The molecule has 0 bridgehead atoms. The van der Waals surface area contributed by atoms with Gasteiger partial charge in [0.05, 0.1) is 12.7 Å². The molecule has 0 aliphatic heterocycles. The summed E-state index contributed by atoms with van der Waals surface area (Å²) >= 11 is 1.04. The summed E-state index contributed by atoms with van der Waals surface area (Å²) < 4.78 is 8.55. The Morgan fingerprint density at radius 1 is 1.04 bits per heavy atom. The molecule has 0 radical (unpaired) electrons. The Hall–Kier alpha value is -3.06. The number of ether oxygens (including phenoxy) is 1. The molecule has 126 valence electrons. The molecule has 0 aliphatic rings. The molecule has 0 saturated heterocycles. The van der Waals surface area contributed by atoms with Crippen molar-refractivity contribution in [1.29, 1.82) is 0 Å². The number of rotatable bonds is 4. The van der Waals surface area contributed by atoms with Crippen molar-refractivity contribution < 1.29 is 14.3 Å². The van der Waals surface area contributed by atoms with E-state index < -0.39 is 5.97 Å². The van der Waals surface area contributed by atoms with E-state index in [-0.39, 0.29) is 5.91 Å². The monoisotopic (exact) mass is 353 g/mol. The quantitative estimate of drug-likeness (QED) is 0.726. The first-order valence-corrected chi connectivity index (χ1v) is 8.25. The van der Waals surface area contributed by atoms with Crippen molar-refractivity contribution in [2.75, 3.05) is 12.4 Å². The van der Waals surface area contributed by atoms with Crippen molar-refractivity contribution >= 4 is 29.1 Å². The molecule has 0 atom stereocenters. The first-order chi connectivity index (χ1) is 12.1. The van der Waals surface area contributed by atoms with Crippen LogP contribution in [-0.2, 0) is 4.74 Å². The number of hydrogen-bond acceptors (Lipinski definition) is 6. The summed E-state index contributed by atoms with van der Waals surface area (Å²) in [7, 11) is 1.32. The fourth-order valence-corrected chi connectivity index (χ4v) is 2.82. The summed E-state index contributed by atoms with van der Waals surface area (Å²) in [4.78, 5) is 24.4. The Balaban J connectivity index is 1.79. The number of carbonyl (C=O) groups is 2. The second-order valence-electron chi connectivity index (χ2n) is 5.34. The number of anilines is 1. The van der Waals surface area contributed by atoms with E-state index in [1.54, 1.807) is 24.3 Å². The van der Waals surface area contributed by atoms with Crippen molar-refractivity contribution in [1.82, 2.24) is 9.59 Å². The van der Waals surface area contributed by atoms with Crippen LogP contribution in [0.25, 0.3) is 11.3 Å². The second kappa shape index (κ2) is 7.23. The normalized spacial score (nSPS) is 10.3. The average Bonchev–Trinajstić information content (AvgIpc) is 3.12. The number of aromatic nitrogens is 2. The minimum atomic E-state index is -0.425. The Labute approximate surface area is 148 Å². The van der Waals surface area contributed by atoms with Gasteiger partial charge in [-0.25, -0.2) is 4.79 Å². The minimum absolute atomic E-state index is 0.295. The predicted molar refractivity (Wildman–Crippen MR) is 95.8 cm³/mol. The molecule has 0 spiro atoms. The van der Waals surface area contributed by atoms with Crippen LogP contribution in [0.1, 0.15) is 25.6 Å². The SMILES string of the molecule is COC(=O)c1ccc(NC(=O)c2snnc2-c2ccc(C)cc2)cc1. The van der Waals surface area contributed by atoms with Crippen LogP contribution in [-0.4, -0.2) is 28.6 Å². The van der Waals surface area contributed by atoms with Gasteiger partial charge < -0.3 is 10.1 Å². The lowest BCUT2D eigenvalue weighted by Gasteiger charge is -2.06. The molecule has 25 heavy (non-hydrogen) atoms. The molecule has 1 N–H and O–H groups in total. The zero-order valence-corrected chi connectivity index (χ0v) is 14.5. The molecule has 3 aromatic rings. The van der Waals surface area contributed by atoms with E-state index >= 15 is 0 Å². The molecule has 3 rings (SSSR count). The van der Waals surface area contributed by atoms with Crippen LogP contribution in [0.4, 0.5) is 5.69 Å². The first-order valence-electron chi connectivity index (χ1n) is 7.47. The molecule has 0 fully saturated rings. The number of aryl methyl sites for hydroxylation is 1. The van der Waals surface area contributed by atoms with Crippen molar-refractivity contribution in [3.63, 3.8) is 0 Å². The lowest BCUT2D eigenvalue weighted by Crippen LogP contribution is -2.11. The Kier molecular flexibility index (Phi) is 4.85. The molecule has 1 heterocycles. The largest absolute Gasteiger partial charge is 0.465 e. The van der Waals surface area contributed by atoms with Gasteiger partial charge in [0.2, 0.25) is 0 Å². The third-order valence-electron chi connectivity index (χ3n) is 3.58. The van der Waals surface area contributed by atoms with Gasteiger partial charge in [-0.05, 0) is 42.7 Å². The van der Waals surface area contributed by atoms with Gasteiger partial charge in [0, 0.05) is 11.3 Å². The lowest BCUT2D eigenvalue weighted by atomic mass is 10.1. The minimum Gasteiger partial charge on any atom is -0.465 e. The summed E-state index contributed by atoms with van der Waals surface area (Å²) in [5.41, 5.74) is 3.50. The maximum Gasteiger partial charge on any atom is 0.337 e. The van der Waals surface area contributed by atoms with E-state index in [0.717, 1.165) is 22.7 Å². The molecule has 7 heteroatoms. The average molecular weight is 353 g/mol. The van der Waals surface area contributed by atoms with E-state index in [9.17, 15) is 9.59 Å². The zero-order chi connectivity index (χ0) is 17.8. The lowest BCUT2D eigenvalue weighted by molar-refractivity contribution is 0.0600. The molecule has 2 aromatic carbocycles. The van der Waals surface area contributed by atoms with E-state index in [1.165, 1.54) is 7.11 Å².